The second kappa shape index (κ2) is 5.17. The zero-order valence-electron chi connectivity index (χ0n) is 8.63. The summed E-state index contributed by atoms with van der Waals surface area (Å²) < 4.78 is 6.84. The molecule has 2 unspecified atom stereocenters. The lowest BCUT2D eigenvalue weighted by Gasteiger charge is -2.26. The number of aryl methyl sites for hydroxylation is 1. The highest BCUT2D eigenvalue weighted by Gasteiger charge is 2.26. The summed E-state index contributed by atoms with van der Waals surface area (Å²) in [6.45, 7) is 2.96. The lowest BCUT2D eigenvalue weighted by atomic mass is 10.1. The van der Waals surface area contributed by atoms with E-state index in [0.717, 1.165) is 17.5 Å². The van der Waals surface area contributed by atoms with E-state index in [4.69, 9.17) is 16.3 Å². The van der Waals surface area contributed by atoms with E-state index in [0.29, 0.717) is 0 Å². The van der Waals surface area contributed by atoms with E-state index in [9.17, 15) is 0 Å². The van der Waals surface area contributed by atoms with E-state index in [-0.39, 0.29) is 11.5 Å². The van der Waals surface area contributed by atoms with Gasteiger partial charge in [-0.3, -0.25) is 0 Å². The fourth-order valence-corrected chi connectivity index (χ4v) is 4.37. The molecule has 1 nitrogen and oxygen atoms in total. The molecule has 2 atom stereocenters. The van der Waals surface area contributed by atoms with Gasteiger partial charge in [0.15, 0.2) is 0 Å². The molecule has 1 aliphatic rings. The van der Waals surface area contributed by atoms with Gasteiger partial charge in [-0.05, 0) is 48.2 Å². The van der Waals surface area contributed by atoms with Crippen LogP contribution in [0.15, 0.2) is 10.5 Å². The quantitative estimate of drug-likeness (QED) is 0.722. The topological polar surface area (TPSA) is 9.23 Å². The standard InChI is InChI=1S/C11H14BrClOS/c1-7-6-8(12)11(15-7)10(13)9-4-2-3-5-14-9/h6,9-10H,2-5H2,1H3. The van der Waals surface area contributed by atoms with Crippen LogP contribution in [0.25, 0.3) is 0 Å². The van der Waals surface area contributed by atoms with Crippen molar-refractivity contribution in [3.8, 4) is 0 Å². The van der Waals surface area contributed by atoms with Gasteiger partial charge in [0.2, 0.25) is 0 Å². The Kier molecular flexibility index (Phi) is 4.10. The minimum atomic E-state index is -0.00150. The molecule has 0 spiro atoms. The van der Waals surface area contributed by atoms with Gasteiger partial charge in [0, 0.05) is 20.8 Å². The zero-order valence-corrected chi connectivity index (χ0v) is 11.8. The smallest absolute Gasteiger partial charge is 0.0951 e. The third-order valence-corrected chi connectivity index (χ3v) is 5.31. The molecule has 4 heteroatoms. The van der Waals surface area contributed by atoms with Crippen molar-refractivity contribution >= 4 is 38.9 Å². The number of rotatable bonds is 2. The van der Waals surface area contributed by atoms with Gasteiger partial charge in [0.05, 0.1) is 11.5 Å². The first kappa shape index (κ1) is 11.9. The Bertz CT molecular complexity index is 333. The Balaban J connectivity index is 2.12. The Hall–Kier alpha value is 0.430. The van der Waals surface area contributed by atoms with Crippen LogP contribution in [0.3, 0.4) is 0 Å². The van der Waals surface area contributed by atoms with Gasteiger partial charge in [-0.1, -0.05) is 0 Å². The SMILES string of the molecule is Cc1cc(Br)c(C(Cl)C2CCCCO2)s1. The molecule has 2 rings (SSSR count). The molecule has 15 heavy (non-hydrogen) atoms. The van der Waals surface area contributed by atoms with E-state index in [2.05, 4.69) is 28.9 Å². The average molecular weight is 310 g/mol. The van der Waals surface area contributed by atoms with E-state index in [1.807, 2.05) is 0 Å². The summed E-state index contributed by atoms with van der Waals surface area (Å²) in [5.74, 6) is 0. The molecule has 0 N–H and O–H groups in total. The van der Waals surface area contributed by atoms with Crippen LogP contribution in [0.1, 0.15) is 34.4 Å². The fourth-order valence-electron chi connectivity index (χ4n) is 1.85. The summed E-state index contributed by atoms with van der Waals surface area (Å²) >= 11 is 11.8. The number of ether oxygens (including phenoxy) is 1. The number of halogens is 2. The third-order valence-electron chi connectivity index (χ3n) is 2.63. The molecule has 1 aromatic rings. The normalized spacial score (nSPS) is 24.1. The number of alkyl halides is 1. The van der Waals surface area contributed by atoms with Crippen LogP contribution >= 0.6 is 38.9 Å². The van der Waals surface area contributed by atoms with Gasteiger partial charge in [-0.2, -0.15) is 0 Å². The lowest BCUT2D eigenvalue weighted by Crippen LogP contribution is -2.23. The monoisotopic (exact) mass is 308 g/mol. The van der Waals surface area contributed by atoms with Crippen molar-refractivity contribution in [2.75, 3.05) is 6.61 Å². The summed E-state index contributed by atoms with van der Waals surface area (Å²) in [6.07, 6.45) is 3.67. The summed E-state index contributed by atoms with van der Waals surface area (Å²) in [5.41, 5.74) is 0. The summed E-state index contributed by atoms with van der Waals surface area (Å²) in [4.78, 5) is 2.50. The van der Waals surface area contributed by atoms with Crippen molar-refractivity contribution in [2.24, 2.45) is 0 Å². The molecule has 2 heterocycles. The maximum atomic E-state index is 6.46. The second-order valence-electron chi connectivity index (χ2n) is 3.88. The molecule has 0 bridgehead atoms. The van der Waals surface area contributed by atoms with Crippen molar-refractivity contribution in [3.63, 3.8) is 0 Å². The highest BCUT2D eigenvalue weighted by atomic mass is 79.9. The summed E-state index contributed by atoms with van der Waals surface area (Å²) in [7, 11) is 0. The molecule has 0 radical (unpaired) electrons. The molecule has 0 aliphatic carbocycles. The van der Waals surface area contributed by atoms with Gasteiger partial charge in [-0.15, -0.1) is 22.9 Å². The highest BCUT2D eigenvalue weighted by molar-refractivity contribution is 9.10. The van der Waals surface area contributed by atoms with Gasteiger partial charge < -0.3 is 4.74 Å². The van der Waals surface area contributed by atoms with E-state index >= 15 is 0 Å². The number of hydrogen-bond acceptors (Lipinski definition) is 2. The molecular weight excluding hydrogens is 296 g/mol. The van der Waals surface area contributed by atoms with Crippen molar-refractivity contribution < 1.29 is 4.74 Å². The molecule has 84 valence electrons. The Morgan fingerprint density at radius 1 is 1.60 bits per heavy atom. The molecule has 1 aliphatic heterocycles. The first-order chi connectivity index (χ1) is 7.18. The van der Waals surface area contributed by atoms with Crippen molar-refractivity contribution in [3.05, 3.63) is 20.3 Å². The molecule has 0 aromatic carbocycles. The third kappa shape index (κ3) is 2.76. The Labute approximate surface area is 108 Å². The number of hydrogen-bond donors (Lipinski definition) is 0. The summed E-state index contributed by atoms with van der Waals surface area (Å²) in [5, 5.41) is -0.00150. The van der Waals surface area contributed by atoms with Crippen LogP contribution in [0.2, 0.25) is 0 Å². The average Bonchev–Trinajstić information content (AvgIpc) is 2.58. The van der Waals surface area contributed by atoms with Gasteiger partial charge in [0.25, 0.3) is 0 Å². The van der Waals surface area contributed by atoms with Crippen molar-refractivity contribution in [2.45, 2.75) is 37.7 Å². The number of thiophene rings is 1. The van der Waals surface area contributed by atoms with Crippen molar-refractivity contribution in [1.29, 1.82) is 0 Å². The maximum Gasteiger partial charge on any atom is 0.0951 e. The minimum Gasteiger partial charge on any atom is -0.376 e. The van der Waals surface area contributed by atoms with Crippen LogP contribution in [0.5, 0.6) is 0 Å². The minimum absolute atomic E-state index is 0.00150. The van der Waals surface area contributed by atoms with E-state index < -0.39 is 0 Å². The maximum absolute atomic E-state index is 6.46. The predicted octanol–water partition coefficient (Wildman–Crippen LogP) is 4.67. The van der Waals surface area contributed by atoms with Crippen molar-refractivity contribution in [1.82, 2.24) is 0 Å². The Morgan fingerprint density at radius 3 is 2.93 bits per heavy atom. The molecule has 0 saturated carbocycles. The van der Waals surface area contributed by atoms with Gasteiger partial charge >= 0.3 is 0 Å². The van der Waals surface area contributed by atoms with Gasteiger partial charge in [0.1, 0.15) is 0 Å². The van der Waals surface area contributed by atoms with Crippen LogP contribution in [-0.2, 0) is 4.74 Å². The summed E-state index contributed by atoms with van der Waals surface area (Å²) in [6, 6.07) is 2.12. The van der Waals surface area contributed by atoms with Crippen LogP contribution in [-0.4, -0.2) is 12.7 Å². The molecule has 0 amide bonds. The molecular formula is C11H14BrClOS. The first-order valence-electron chi connectivity index (χ1n) is 5.20. The van der Waals surface area contributed by atoms with Crippen LogP contribution in [0, 0.1) is 6.92 Å². The second-order valence-corrected chi connectivity index (χ2v) is 6.49. The molecule has 1 aromatic heterocycles. The molecule has 1 saturated heterocycles. The van der Waals surface area contributed by atoms with Crippen LogP contribution in [0.4, 0.5) is 0 Å². The Morgan fingerprint density at radius 2 is 2.40 bits per heavy atom. The largest absolute Gasteiger partial charge is 0.376 e. The predicted molar refractivity (Wildman–Crippen MR) is 68.9 cm³/mol. The van der Waals surface area contributed by atoms with Crippen LogP contribution < -0.4 is 0 Å². The highest BCUT2D eigenvalue weighted by Crippen LogP contribution is 2.40. The fraction of sp³-hybridized carbons (Fsp3) is 0.636. The van der Waals surface area contributed by atoms with Gasteiger partial charge in [-0.25, -0.2) is 0 Å². The van der Waals surface area contributed by atoms with E-state index in [1.54, 1.807) is 11.3 Å². The van der Waals surface area contributed by atoms with E-state index in [1.165, 1.54) is 22.6 Å². The molecule has 1 fully saturated rings. The zero-order chi connectivity index (χ0) is 10.8. The first-order valence-corrected chi connectivity index (χ1v) is 7.24. The lowest BCUT2D eigenvalue weighted by molar-refractivity contribution is 0.0140.